The monoisotopic (exact) mass is 239 g/mol. The molecule has 0 bridgehead atoms. The van der Waals surface area contributed by atoms with Crippen molar-refractivity contribution >= 4 is 23.4 Å². The maximum Gasteiger partial charge on any atom is 0.306 e. The lowest BCUT2D eigenvalue weighted by atomic mass is 10.1. The zero-order chi connectivity index (χ0) is 12.8. The Morgan fingerprint density at radius 3 is 2.65 bits per heavy atom. The number of carboxylic acids is 1. The summed E-state index contributed by atoms with van der Waals surface area (Å²) >= 11 is 0. The van der Waals surface area contributed by atoms with E-state index >= 15 is 0 Å². The van der Waals surface area contributed by atoms with Crippen LogP contribution < -0.4 is 0 Å². The number of nitrogens with zero attached hydrogens (tertiary/aromatic N) is 1. The number of carbonyl (C=O) groups is 3. The molecule has 6 nitrogen and oxygen atoms in total. The molecule has 0 aromatic carbocycles. The molecular formula is C11H13NO5. The fourth-order valence-electron chi connectivity index (χ4n) is 1.23. The van der Waals surface area contributed by atoms with Gasteiger partial charge >= 0.3 is 11.9 Å². The van der Waals surface area contributed by atoms with Crippen molar-refractivity contribution in [3.8, 4) is 0 Å². The number of carbonyl (C=O) groups excluding carboxylic acids is 2. The largest absolute Gasteiger partial charge is 0.481 e. The van der Waals surface area contributed by atoms with Gasteiger partial charge in [0, 0.05) is 19.5 Å². The summed E-state index contributed by atoms with van der Waals surface area (Å²) in [7, 11) is 0. The summed E-state index contributed by atoms with van der Waals surface area (Å²) in [6.45, 7) is 1.48. The molecule has 0 spiro atoms. The second-order valence-electron chi connectivity index (χ2n) is 3.65. The molecule has 6 heteroatoms. The van der Waals surface area contributed by atoms with Gasteiger partial charge in [0.25, 0.3) is 0 Å². The van der Waals surface area contributed by atoms with Crippen molar-refractivity contribution in [3.05, 3.63) is 11.8 Å². The predicted octanol–water partition coefficient (Wildman–Crippen LogP) is 0.712. The molecule has 1 aliphatic heterocycles. The molecule has 0 amide bonds. The van der Waals surface area contributed by atoms with Crippen LogP contribution in [0.5, 0.6) is 0 Å². The Morgan fingerprint density at radius 2 is 2.12 bits per heavy atom. The van der Waals surface area contributed by atoms with Crippen molar-refractivity contribution in [2.75, 3.05) is 6.61 Å². The number of aliphatic carboxylic acids is 1. The van der Waals surface area contributed by atoms with E-state index in [2.05, 4.69) is 4.99 Å². The van der Waals surface area contributed by atoms with E-state index in [0.717, 1.165) is 5.57 Å². The van der Waals surface area contributed by atoms with Crippen molar-refractivity contribution in [2.24, 2.45) is 4.99 Å². The summed E-state index contributed by atoms with van der Waals surface area (Å²) in [6, 6.07) is 0. The normalized spacial score (nSPS) is 13.9. The minimum Gasteiger partial charge on any atom is -0.481 e. The van der Waals surface area contributed by atoms with Gasteiger partial charge in [-0.3, -0.25) is 19.4 Å². The molecule has 0 fully saturated rings. The summed E-state index contributed by atoms with van der Waals surface area (Å²) in [5.41, 5.74) is 1.18. The standard InChI is InChI=1S/C11H13NO5/c1-7(13)9-4-8(5-12-9)6-17-11(16)3-2-10(14)15/h5H,2-4,6H2,1H3,(H,14,15). The minimum atomic E-state index is -1.04. The van der Waals surface area contributed by atoms with Gasteiger partial charge in [-0.2, -0.15) is 0 Å². The topological polar surface area (TPSA) is 93.0 Å². The molecule has 0 radical (unpaired) electrons. The van der Waals surface area contributed by atoms with Gasteiger partial charge < -0.3 is 9.84 Å². The highest BCUT2D eigenvalue weighted by molar-refractivity contribution is 6.40. The number of Topliss-reactive ketones (excluding diaryl/α,β-unsaturated/α-hetero) is 1. The van der Waals surface area contributed by atoms with E-state index in [4.69, 9.17) is 9.84 Å². The van der Waals surface area contributed by atoms with E-state index in [1.54, 1.807) is 0 Å². The van der Waals surface area contributed by atoms with E-state index in [0.29, 0.717) is 12.1 Å². The summed E-state index contributed by atoms with van der Waals surface area (Å²) in [4.78, 5) is 36.2. The number of esters is 1. The molecular weight excluding hydrogens is 226 g/mol. The van der Waals surface area contributed by atoms with Crippen molar-refractivity contribution in [3.63, 3.8) is 0 Å². The number of rotatable bonds is 6. The zero-order valence-electron chi connectivity index (χ0n) is 9.43. The second kappa shape index (κ2) is 5.93. The molecule has 0 aliphatic carbocycles. The Morgan fingerprint density at radius 1 is 1.41 bits per heavy atom. The fraction of sp³-hybridized carbons (Fsp3) is 0.455. The first kappa shape index (κ1) is 13.1. The van der Waals surface area contributed by atoms with Crippen LogP contribution in [0.2, 0.25) is 0 Å². The molecule has 17 heavy (non-hydrogen) atoms. The van der Waals surface area contributed by atoms with Crippen LogP contribution in [-0.2, 0) is 19.1 Å². The van der Waals surface area contributed by atoms with Crippen LogP contribution >= 0.6 is 0 Å². The number of ketones is 1. The third kappa shape index (κ3) is 4.58. The highest BCUT2D eigenvalue weighted by Gasteiger charge is 2.15. The van der Waals surface area contributed by atoms with Gasteiger partial charge in [-0.05, 0) is 5.57 Å². The number of hydrogen-bond acceptors (Lipinski definition) is 5. The first-order valence-electron chi connectivity index (χ1n) is 5.12. The smallest absolute Gasteiger partial charge is 0.306 e. The third-order valence-corrected chi connectivity index (χ3v) is 2.17. The van der Waals surface area contributed by atoms with Crippen LogP contribution in [0.25, 0.3) is 0 Å². The van der Waals surface area contributed by atoms with Crippen LogP contribution in [0.1, 0.15) is 26.2 Å². The van der Waals surface area contributed by atoms with Crippen molar-refractivity contribution in [1.82, 2.24) is 0 Å². The zero-order valence-corrected chi connectivity index (χ0v) is 9.43. The average molecular weight is 239 g/mol. The Kier molecular flexibility index (Phi) is 4.56. The molecule has 0 aromatic heterocycles. The molecule has 0 saturated carbocycles. The van der Waals surface area contributed by atoms with Gasteiger partial charge in [0.05, 0.1) is 18.6 Å². The predicted molar refractivity (Wildman–Crippen MR) is 58.6 cm³/mol. The van der Waals surface area contributed by atoms with Crippen LogP contribution in [0.3, 0.4) is 0 Å². The lowest BCUT2D eigenvalue weighted by molar-refractivity contribution is -0.147. The molecule has 0 unspecified atom stereocenters. The van der Waals surface area contributed by atoms with Gasteiger partial charge in [-0.25, -0.2) is 0 Å². The van der Waals surface area contributed by atoms with Gasteiger partial charge in [-0.1, -0.05) is 0 Å². The number of carboxylic acid groups (broad SMARTS) is 1. The highest BCUT2D eigenvalue weighted by Crippen LogP contribution is 2.13. The first-order valence-corrected chi connectivity index (χ1v) is 5.12. The summed E-state index contributed by atoms with van der Waals surface area (Å²) < 4.78 is 4.85. The van der Waals surface area contributed by atoms with Crippen molar-refractivity contribution in [2.45, 2.75) is 26.2 Å². The number of ether oxygens (including phenoxy) is 1. The Labute approximate surface area is 98.0 Å². The Balaban J connectivity index is 2.23. The molecule has 1 N–H and O–H groups in total. The third-order valence-electron chi connectivity index (χ3n) is 2.17. The van der Waals surface area contributed by atoms with E-state index < -0.39 is 11.9 Å². The van der Waals surface area contributed by atoms with Gasteiger partial charge in [0.2, 0.25) is 0 Å². The number of aliphatic imine (C=N–C) groups is 1. The van der Waals surface area contributed by atoms with E-state index in [-0.39, 0.29) is 25.2 Å². The summed E-state index contributed by atoms with van der Waals surface area (Å²) in [5.74, 6) is -1.71. The molecule has 92 valence electrons. The molecule has 1 aliphatic rings. The number of hydrogen-bond donors (Lipinski definition) is 1. The van der Waals surface area contributed by atoms with Gasteiger partial charge in [0.1, 0.15) is 6.61 Å². The van der Waals surface area contributed by atoms with E-state index in [1.807, 2.05) is 0 Å². The van der Waals surface area contributed by atoms with Crippen molar-refractivity contribution in [1.29, 1.82) is 0 Å². The highest BCUT2D eigenvalue weighted by atomic mass is 16.5. The minimum absolute atomic E-state index is 0.0543. The summed E-state index contributed by atoms with van der Waals surface area (Å²) in [5, 5.41) is 8.36. The van der Waals surface area contributed by atoms with Crippen LogP contribution in [-0.4, -0.2) is 35.1 Å². The lowest BCUT2D eigenvalue weighted by Gasteiger charge is -2.04. The maximum atomic E-state index is 11.1. The second-order valence-corrected chi connectivity index (χ2v) is 3.65. The first-order chi connectivity index (χ1) is 7.99. The quantitative estimate of drug-likeness (QED) is 0.689. The van der Waals surface area contributed by atoms with Gasteiger partial charge in [-0.15, -0.1) is 0 Å². The van der Waals surface area contributed by atoms with E-state index in [1.165, 1.54) is 13.1 Å². The molecule has 1 heterocycles. The van der Waals surface area contributed by atoms with Crippen LogP contribution in [0.15, 0.2) is 16.8 Å². The van der Waals surface area contributed by atoms with Crippen molar-refractivity contribution < 1.29 is 24.2 Å². The summed E-state index contributed by atoms with van der Waals surface area (Å²) in [6.07, 6.45) is 1.50. The lowest BCUT2D eigenvalue weighted by Crippen LogP contribution is -2.12. The van der Waals surface area contributed by atoms with E-state index in [9.17, 15) is 14.4 Å². The molecule has 1 rings (SSSR count). The van der Waals surface area contributed by atoms with Gasteiger partial charge in [0.15, 0.2) is 5.78 Å². The van der Waals surface area contributed by atoms with Crippen LogP contribution in [0.4, 0.5) is 0 Å². The Bertz CT molecular complexity index is 408. The Hall–Kier alpha value is -1.98. The molecule has 0 saturated heterocycles. The molecule has 0 atom stereocenters. The fourth-order valence-corrected chi connectivity index (χ4v) is 1.23. The SMILES string of the molecule is CC(=O)C1=NC=C(COC(=O)CCC(=O)O)C1. The molecule has 0 aromatic rings. The van der Waals surface area contributed by atoms with Crippen LogP contribution in [0, 0.1) is 0 Å². The average Bonchev–Trinajstić information content (AvgIpc) is 2.72. The maximum absolute atomic E-state index is 11.1.